The third-order valence-electron chi connectivity index (χ3n) is 4.83. The highest BCUT2D eigenvalue weighted by Crippen LogP contribution is 2.21. The van der Waals surface area contributed by atoms with Crippen molar-refractivity contribution < 1.29 is 9.59 Å². The molecule has 24 heavy (non-hydrogen) atoms. The van der Waals surface area contributed by atoms with Crippen molar-refractivity contribution in [3.8, 4) is 0 Å². The molecule has 2 amide bonds. The number of benzene rings is 1. The van der Waals surface area contributed by atoms with Crippen LogP contribution in [0.4, 0.5) is 0 Å². The van der Waals surface area contributed by atoms with Crippen LogP contribution in [0.25, 0.3) is 0 Å². The van der Waals surface area contributed by atoms with Crippen LogP contribution in [0.5, 0.6) is 0 Å². The molecule has 2 atom stereocenters. The zero-order chi connectivity index (χ0) is 17.5. The quantitative estimate of drug-likeness (QED) is 0.793. The summed E-state index contributed by atoms with van der Waals surface area (Å²) in [5.74, 6) is 0.0339. The van der Waals surface area contributed by atoms with Crippen LogP contribution in [0.3, 0.4) is 0 Å². The summed E-state index contributed by atoms with van der Waals surface area (Å²) >= 11 is 0. The topological polar surface area (TPSA) is 52.7 Å². The molecule has 1 aliphatic heterocycles. The number of rotatable bonds is 8. The van der Waals surface area contributed by atoms with E-state index in [4.69, 9.17) is 0 Å². The number of hydrogen-bond donors (Lipinski definition) is 1. The van der Waals surface area contributed by atoms with Crippen LogP contribution in [0.15, 0.2) is 30.3 Å². The molecule has 1 fully saturated rings. The molecule has 1 aromatic rings. The zero-order valence-electron chi connectivity index (χ0n) is 15.0. The van der Waals surface area contributed by atoms with Crippen LogP contribution in [0.2, 0.25) is 0 Å². The van der Waals surface area contributed by atoms with E-state index in [0.29, 0.717) is 32.0 Å². The smallest absolute Gasteiger partial charge is 0.242 e. The Labute approximate surface area is 145 Å². The SMILES string of the molecule is CCN(CC)C(C)CNC(=O)C1CCC(=O)N1Cc1ccccc1. The molecule has 0 spiro atoms. The van der Waals surface area contributed by atoms with Crippen LogP contribution in [0.1, 0.15) is 39.2 Å². The van der Waals surface area contributed by atoms with Crippen LogP contribution in [0, 0.1) is 0 Å². The highest BCUT2D eigenvalue weighted by atomic mass is 16.2. The van der Waals surface area contributed by atoms with Gasteiger partial charge >= 0.3 is 0 Å². The maximum atomic E-state index is 12.6. The first-order valence-corrected chi connectivity index (χ1v) is 8.92. The fraction of sp³-hybridized carbons (Fsp3) is 0.579. The minimum atomic E-state index is -0.346. The van der Waals surface area contributed by atoms with Gasteiger partial charge in [0.25, 0.3) is 0 Å². The Morgan fingerprint density at radius 3 is 2.58 bits per heavy atom. The van der Waals surface area contributed by atoms with Gasteiger partial charge in [-0.15, -0.1) is 0 Å². The van der Waals surface area contributed by atoms with Crippen molar-refractivity contribution in [2.75, 3.05) is 19.6 Å². The molecule has 0 radical (unpaired) electrons. The molecule has 5 nitrogen and oxygen atoms in total. The van der Waals surface area contributed by atoms with Gasteiger partial charge < -0.3 is 10.2 Å². The second-order valence-electron chi connectivity index (χ2n) is 6.38. The maximum absolute atomic E-state index is 12.6. The van der Waals surface area contributed by atoms with Gasteiger partial charge in [-0.3, -0.25) is 14.5 Å². The molecule has 1 aromatic carbocycles. The van der Waals surface area contributed by atoms with Crippen molar-refractivity contribution in [1.82, 2.24) is 15.1 Å². The molecule has 0 aliphatic carbocycles. The van der Waals surface area contributed by atoms with Crippen molar-refractivity contribution in [3.63, 3.8) is 0 Å². The summed E-state index contributed by atoms with van der Waals surface area (Å²) in [4.78, 5) is 28.8. The van der Waals surface area contributed by atoms with Gasteiger partial charge in [0.2, 0.25) is 11.8 Å². The Balaban J connectivity index is 1.93. The summed E-state index contributed by atoms with van der Waals surface area (Å²) in [6.07, 6.45) is 1.06. The lowest BCUT2D eigenvalue weighted by atomic mass is 10.1. The predicted octanol–water partition coefficient (Wildman–Crippen LogP) is 2.02. The maximum Gasteiger partial charge on any atom is 0.242 e. The lowest BCUT2D eigenvalue weighted by Crippen LogP contribution is -2.48. The molecule has 1 saturated heterocycles. The van der Waals surface area contributed by atoms with E-state index in [9.17, 15) is 9.59 Å². The number of carbonyl (C=O) groups excluding carboxylic acids is 2. The van der Waals surface area contributed by atoms with Crippen molar-refractivity contribution in [2.24, 2.45) is 0 Å². The summed E-state index contributed by atoms with van der Waals surface area (Å²) in [7, 11) is 0. The zero-order valence-corrected chi connectivity index (χ0v) is 15.0. The largest absolute Gasteiger partial charge is 0.353 e. The normalized spacial score (nSPS) is 18.9. The molecule has 2 unspecified atom stereocenters. The van der Waals surface area contributed by atoms with E-state index in [1.807, 2.05) is 30.3 Å². The van der Waals surface area contributed by atoms with Gasteiger partial charge in [0.1, 0.15) is 6.04 Å². The average molecular weight is 331 g/mol. The number of amides is 2. The summed E-state index contributed by atoms with van der Waals surface area (Å²) in [5.41, 5.74) is 1.06. The lowest BCUT2D eigenvalue weighted by molar-refractivity contribution is -0.135. The predicted molar refractivity (Wildman–Crippen MR) is 95.4 cm³/mol. The average Bonchev–Trinajstić information content (AvgIpc) is 2.95. The minimum Gasteiger partial charge on any atom is -0.353 e. The Kier molecular flexibility index (Phi) is 6.79. The van der Waals surface area contributed by atoms with Gasteiger partial charge in [-0.05, 0) is 32.0 Å². The second kappa shape index (κ2) is 8.83. The molecular weight excluding hydrogens is 302 g/mol. The molecule has 1 aliphatic rings. The molecular formula is C19H29N3O2. The Bertz CT molecular complexity index is 543. The number of likely N-dealkylation sites (N-methyl/N-ethyl adjacent to an activating group) is 1. The van der Waals surface area contributed by atoms with Gasteiger partial charge in [-0.25, -0.2) is 0 Å². The molecule has 132 valence electrons. The number of nitrogens with one attached hydrogen (secondary N) is 1. The number of likely N-dealkylation sites (tertiary alicyclic amines) is 1. The van der Waals surface area contributed by atoms with Crippen LogP contribution >= 0.6 is 0 Å². The van der Waals surface area contributed by atoms with E-state index in [0.717, 1.165) is 18.7 Å². The van der Waals surface area contributed by atoms with E-state index in [1.165, 1.54) is 0 Å². The molecule has 1 heterocycles. The number of nitrogens with zero attached hydrogens (tertiary/aromatic N) is 2. The van der Waals surface area contributed by atoms with E-state index in [2.05, 4.69) is 31.0 Å². The van der Waals surface area contributed by atoms with E-state index >= 15 is 0 Å². The third-order valence-corrected chi connectivity index (χ3v) is 4.83. The highest BCUT2D eigenvalue weighted by molar-refractivity contribution is 5.90. The summed E-state index contributed by atoms with van der Waals surface area (Å²) in [6.45, 7) is 9.42. The first-order chi connectivity index (χ1) is 11.6. The molecule has 0 aromatic heterocycles. The fourth-order valence-electron chi connectivity index (χ4n) is 3.33. The fourth-order valence-corrected chi connectivity index (χ4v) is 3.33. The third kappa shape index (κ3) is 4.57. The van der Waals surface area contributed by atoms with Crippen molar-refractivity contribution in [1.29, 1.82) is 0 Å². The Morgan fingerprint density at radius 1 is 1.29 bits per heavy atom. The number of carbonyl (C=O) groups is 2. The van der Waals surface area contributed by atoms with Crippen LogP contribution in [-0.2, 0) is 16.1 Å². The summed E-state index contributed by atoms with van der Waals surface area (Å²) in [5, 5.41) is 3.04. The van der Waals surface area contributed by atoms with Gasteiger partial charge in [0, 0.05) is 25.6 Å². The molecule has 2 rings (SSSR count). The first-order valence-electron chi connectivity index (χ1n) is 8.92. The Morgan fingerprint density at radius 2 is 1.96 bits per heavy atom. The van der Waals surface area contributed by atoms with Crippen LogP contribution in [-0.4, -0.2) is 53.3 Å². The first kappa shape index (κ1) is 18.5. The van der Waals surface area contributed by atoms with Gasteiger partial charge in [-0.2, -0.15) is 0 Å². The van der Waals surface area contributed by atoms with Gasteiger partial charge in [0.05, 0.1) is 0 Å². The van der Waals surface area contributed by atoms with Gasteiger partial charge in [-0.1, -0.05) is 44.2 Å². The van der Waals surface area contributed by atoms with Crippen molar-refractivity contribution in [2.45, 2.75) is 52.2 Å². The summed E-state index contributed by atoms with van der Waals surface area (Å²) < 4.78 is 0. The second-order valence-corrected chi connectivity index (χ2v) is 6.38. The van der Waals surface area contributed by atoms with Crippen molar-refractivity contribution in [3.05, 3.63) is 35.9 Å². The van der Waals surface area contributed by atoms with E-state index in [-0.39, 0.29) is 17.9 Å². The Hall–Kier alpha value is -1.88. The molecule has 0 saturated carbocycles. The number of hydrogen-bond acceptors (Lipinski definition) is 3. The lowest BCUT2D eigenvalue weighted by Gasteiger charge is -2.28. The molecule has 0 bridgehead atoms. The van der Waals surface area contributed by atoms with Crippen LogP contribution < -0.4 is 5.32 Å². The molecule has 5 heteroatoms. The monoisotopic (exact) mass is 331 g/mol. The van der Waals surface area contributed by atoms with Crippen molar-refractivity contribution >= 4 is 11.8 Å². The molecule has 1 N–H and O–H groups in total. The van der Waals surface area contributed by atoms with Gasteiger partial charge in [0.15, 0.2) is 0 Å². The standard InChI is InChI=1S/C19H29N3O2/c1-4-21(5-2)15(3)13-20-19(24)17-11-12-18(23)22(17)14-16-9-7-6-8-10-16/h6-10,15,17H,4-5,11-14H2,1-3H3,(H,20,24). The van der Waals surface area contributed by atoms with E-state index in [1.54, 1.807) is 4.90 Å². The van der Waals surface area contributed by atoms with E-state index < -0.39 is 0 Å². The highest BCUT2D eigenvalue weighted by Gasteiger charge is 2.35. The minimum absolute atomic E-state index is 0.0317. The summed E-state index contributed by atoms with van der Waals surface area (Å²) in [6, 6.07) is 9.79.